The van der Waals surface area contributed by atoms with Crippen LogP contribution in [0.15, 0.2) is 16.5 Å². The van der Waals surface area contributed by atoms with Gasteiger partial charge in [-0.3, -0.25) is 4.79 Å². The number of carbonyl (C=O) groups is 1. The van der Waals surface area contributed by atoms with Gasteiger partial charge in [-0.2, -0.15) is 0 Å². The van der Waals surface area contributed by atoms with Gasteiger partial charge in [-0.05, 0) is 32.1 Å². The van der Waals surface area contributed by atoms with Gasteiger partial charge in [0.05, 0.1) is 6.54 Å². The Labute approximate surface area is 101 Å². The minimum Gasteiger partial charge on any atom is -0.455 e. The first-order valence-electron chi connectivity index (χ1n) is 5.97. The van der Waals surface area contributed by atoms with Crippen LogP contribution < -0.4 is 5.73 Å². The molecule has 2 rings (SSSR count). The Morgan fingerprint density at radius 3 is 2.88 bits per heavy atom. The van der Waals surface area contributed by atoms with E-state index < -0.39 is 0 Å². The average Bonchev–Trinajstić information content (AvgIpc) is 2.71. The fraction of sp³-hybridized carbons (Fsp3) is 0.583. The van der Waals surface area contributed by atoms with Crippen molar-refractivity contribution in [2.45, 2.75) is 13.0 Å². The van der Waals surface area contributed by atoms with E-state index in [0.29, 0.717) is 18.1 Å². The van der Waals surface area contributed by atoms with Crippen LogP contribution >= 0.6 is 0 Å². The molecule has 0 radical (unpaired) electrons. The lowest BCUT2D eigenvalue weighted by atomic mass is 10.3. The van der Waals surface area contributed by atoms with E-state index in [4.69, 9.17) is 10.2 Å². The third-order valence-corrected chi connectivity index (χ3v) is 3.08. The molecule has 1 aliphatic rings. The summed E-state index contributed by atoms with van der Waals surface area (Å²) in [5.41, 5.74) is 5.46. The highest BCUT2D eigenvalue weighted by Gasteiger charge is 2.21. The molecule has 1 aromatic heterocycles. The van der Waals surface area contributed by atoms with Crippen molar-refractivity contribution in [3.05, 3.63) is 23.7 Å². The van der Waals surface area contributed by atoms with Crippen molar-refractivity contribution in [2.75, 3.05) is 33.2 Å². The van der Waals surface area contributed by atoms with Crippen molar-refractivity contribution in [3.8, 4) is 0 Å². The molecule has 94 valence electrons. The summed E-state index contributed by atoms with van der Waals surface area (Å²) in [6.07, 6.45) is 1.01. The maximum absolute atomic E-state index is 12.2. The van der Waals surface area contributed by atoms with E-state index in [1.807, 2.05) is 4.90 Å². The minimum absolute atomic E-state index is 0.0278. The van der Waals surface area contributed by atoms with Crippen molar-refractivity contribution in [1.29, 1.82) is 0 Å². The van der Waals surface area contributed by atoms with Crippen LogP contribution in [0.2, 0.25) is 0 Å². The third kappa shape index (κ3) is 2.87. The van der Waals surface area contributed by atoms with Crippen LogP contribution in [0.25, 0.3) is 0 Å². The molecular weight excluding hydrogens is 218 g/mol. The van der Waals surface area contributed by atoms with Gasteiger partial charge >= 0.3 is 0 Å². The largest absolute Gasteiger partial charge is 0.455 e. The highest BCUT2D eigenvalue weighted by atomic mass is 16.4. The highest BCUT2D eigenvalue weighted by molar-refractivity contribution is 5.91. The Morgan fingerprint density at radius 1 is 1.35 bits per heavy atom. The molecule has 0 unspecified atom stereocenters. The van der Waals surface area contributed by atoms with Crippen LogP contribution in [0, 0.1) is 0 Å². The Bertz CT molecular complexity index is 389. The fourth-order valence-electron chi connectivity index (χ4n) is 2.01. The maximum atomic E-state index is 12.2. The van der Waals surface area contributed by atoms with Gasteiger partial charge in [-0.1, -0.05) is 0 Å². The molecule has 0 spiro atoms. The van der Waals surface area contributed by atoms with Crippen molar-refractivity contribution >= 4 is 5.91 Å². The molecule has 0 saturated carbocycles. The quantitative estimate of drug-likeness (QED) is 0.814. The molecule has 1 saturated heterocycles. The first-order chi connectivity index (χ1) is 8.20. The van der Waals surface area contributed by atoms with E-state index in [-0.39, 0.29) is 5.91 Å². The average molecular weight is 237 g/mol. The third-order valence-electron chi connectivity index (χ3n) is 3.08. The predicted octanol–water partition coefficient (Wildman–Crippen LogP) is 0.516. The molecule has 2 heterocycles. The first-order valence-corrected chi connectivity index (χ1v) is 5.97. The number of nitrogens with two attached hydrogens (primary N) is 1. The van der Waals surface area contributed by atoms with Gasteiger partial charge in [0.2, 0.25) is 0 Å². The zero-order valence-corrected chi connectivity index (χ0v) is 10.2. The molecule has 1 aromatic rings. The summed E-state index contributed by atoms with van der Waals surface area (Å²) in [6, 6.07) is 3.47. The van der Waals surface area contributed by atoms with Gasteiger partial charge in [0.1, 0.15) is 5.76 Å². The van der Waals surface area contributed by atoms with Crippen LogP contribution in [0.5, 0.6) is 0 Å². The van der Waals surface area contributed by atoms with E-state index in [9.17, 15) is 4.79 Å². The van der Waals surface area contributed by atoms with Gasteiger partial charge in [0, 0.05) is 19.6 Å². The molecule has 0 aliphatic carbocycles. The highest BCUT2D eigenvalue weighted by Crippen LogP contribution is 2.12. The lowest BCUT2D eigenvalue weighted by Crippen LogP contribution is -2.34. The van der Waals surface area contributed by atoms with Crippen molar-refractivity contribution in [3.63, 3.8) is 0 Å². The molecule has 0 bridgehead atoms. The SMILES string of the molecule is CN1CCCN(C(=O)c2ccc(CN)o2)CC1. The molecule has 1 amide bonds. The molecule has 5 heteroatoms. The van der Waals surface area contributed by atoms with E-state index in [0.717, 1.165) is 32.6 Å². The fourth-order valence-corrected chi connectivity index (χ4v) is 2.01. The molecule has 1 aliphatic heterocycles. The van der Waals surface area contributed by atoms with Crippen molar-refractivity contribution in [1.82, 2.24) is 9.80 Å². The summed E-state index contributed by atoms with van der Waals surface area (Å²) in [4.78, 5) is 16.2. The summed E-state index contributed by atoms with van der Waals surface area (Å²) in [5, 5.41) is 0. The maximum Gasteiger partial charge on any atom is 0.289 e. The smallest absolute Gasteiger partial charge is 0.289 e. The lowest BCUT2D eigenvalue weighted by Gasteiger charge is -2.19. The van der Waals surface area contributed by atoms with Crippen molar-refractivity contribution < 1.29 is 9.21 Å². The predicted molar refractivity (Wildman–Crippen MR) is 64.6 cm³/mol. The van der Waals surface area contributed by atoms with E-state index in [1.54, 1.807) is 12.1 Å². The summed E-state index contributed by atoms with van der Waals surface area (Å²) in [6.45, 7) is 3.83. The number of nitrogens with zero attached hydrogens (tertiary/aromatic N) is 2. The summed E-state index contributed by atoms with van der Waals surface area (Å²) < 4.78 is 5.39. The molecular formula is C12H19N3O2. The first kappa shape index (κ1) is 12.1. The van der Waals surface area contributed by atoms with Crippen molar-refractivity contribution in [2.24, 2.45) is 5.73 Å². The van der Waals surface area contributed by atoms with Gasteiger partial charge in [0.25, 0.3) is 5.91 Å². The zero-order valence-electron chi connectivity index (χ0n) is 10.2. The summed E-state index contributed by atoms with van der Waals surface area (Å²) in [5.74, 6) is 1.02. The Balaban J connectivity index is 2.03. The monoisotopic (exact) mass is 237 g/mol. The van der Waals surface area contributed by atoms with Crippen LogP contribution in [-0.4, -0.2) is 48.9 Å². The molecule has 0 aromatic carbocycles. The number of likely N-dealkylation sites (N-methyl/N-ethyl adjacent to an activating group) is 1. The van der Waals surface area contributed by atoms with Crippen LogP contribution in [0.4, 0.5) is 0 Å². The van der Waals surface area contributed by atoms with Crippen LogP contribution in [-0.2, 0) is 6.54 Å². The minimum atomic E-state index is -0.0278. The Morgan fingerprint density at radius 2 is 2.18 bits per heavy atom. The topological polar surface area (TPSA) is 62.7 Å². The molecule has 1 fully saturated rings. The number of rotatable bonds is 2. The Kier molecular flexibility index (Phi) is 3.81. The van der Waals surface area contributed by atoms with Crippen LogP contribution in [0.3, 0.4) is 0 Å². The van der Waals surface area contributed by atoms with E-state index >= 15 is 0 Å². The number of furan rings is 1. The molecule has 2 N–H and O–H groups in total. The molecule has 5 nitrogen and oxygen atoms in total. The zero-order chi connectivity index (χ0) is 12.3. The van der Waals surface area contributed by atoms with Gasteiger partial charge in [-0.15, -0.1) is 0 Å². The second-order valence-corrected chi connectivity index (χ2v) is 4.42. The second-order valence-electron chi connectivity index (χ2n) is 4.42. The lowest BCUT2D eigenvalue weighted by molar-refractivity contribution is 0.0729. The molecule has 0 atom stereocenters. The summed E-state index contributed by atoms with van der Waals surface area (Å²) >= 11 is 0. The second kappa shape index (κ2) is 5.33. The van der Waals surface area contributed by atoms with E-state index in [2.05, 4.69) is 11.9 Å². The number of hydrogen-bond acceptors (Lipinski definition) is 4. The van der Waals surface area contributed by atoms with Gasteiger partial charge < -0.3 is 20.0 Å². The summed E-state index contributed by atoms with van der Waals surface area (Å²) in [7, 11) is 2.08. The standard InChI is InChI=1S/C12H19N3O2/c1-14-5-2-6-15(8-7-14)12(16)11-4-3-10(9-13)17-11/h3-4H,2,5-9,13H2,1H3. The van der Waals surface area contributed by atoms with Gasteiger partial charge in [-0.25, -0.2) is 0 Å². The Hall–Kier alpha value is -1.33. The number of carbonyl (C=O) groups excluding carboxylic acids is 1. The van der Waals surface area contributed by atoms with E-state index in [1.165, 1.54) is 0 Å². The normalized spacial score (nSPS) is 18.1. The molecule has 17 heavy (non-hydrogen) atoms. The van der Waals surface area contributed by atoms with Gasteiger partial charge in [0.15, 0.2) is 5.76 Å². The number of amides is 1. The number of hydrogen-bond donors (Lipinski definition) is 1. The van der Waals surface area contributed by atoms with Crippen LogP contribution in [0.1, 0.15) is 22.7 Å².